The SMILES string of the molecule is O=C(CCCCCNC(=O)c1cnc(-n2cccn2)[nH]c1=O)NO. The molecule has 2 amide bonds. The minimum atomic E-state index is -0.549. The number of hydroxylamine groups is 1. The lowest BCUT2D eigenvalue weighted by Crippen LogP contribution is -2.31. The molecule has 2 rings (SSSR count). The summed E-state index contributed by atoms with van der Waals surface area (Å²) in [6.07, 6.45) is 6.56. The summed E-state index contributed by atoms with van der Waals surface area (Å²) in [5.41, 5.74) is 0.930. The van der Waals surface area contributed by atoms with Gasteiger partial charge in [-0.05, 0) is 18.9 Å². The summed E-state index contributed by atoms with van der Waals surface area (Å²) in [5.74, 6) is -0.721. The van der Waals surface area contributed by atoms with Crippen molar-refractivity contribution in [1.29, 1.82) is 0 Å². The van der Waals surface area contributed by atoms with Gasteiger partial charge in [0.1, 0.15) is 5.56 Å². The van der Waals surface area contributed by atoms with Crippen LogP contribution in [0.1, 0.15) is 36.0 Å². The second-order valence-electron chi connectivity index (χ2n) is 5.00. The summed E-state index contributed by atoms with van der Waals surface area (Å²) < 4.78 is 1.38. The van der Waals surface area contributed by atoms with E-state index < -0.39 is 17.4 Å². The number of hydrogen-bond donors (Lipinski definition) is 4. The average molecular weight is 334 g/mol. The highest BCUT2D eigenvalue weighted by Gasteiger charge is 2.12. The van der Waals surface area contributed by atoms with Crippen molar-refractivity contribution < 1.29 is 14.8 Å². The van der Waals surface area contributed by atoms with E-state index in [2.05, 4.69) is 20.4 Å². The molecule has 0 aliphatic rings. The van der Waals surface area contributed by atoms with Crippen molar-refractivity contribution in [1.82, 2.24) is 30.5 Å². The molecule has 10 nitrogen and oxygen atoms in total. The molecule has 24 heavy (non-hydrogen) atoms. The van der Waals surface area contributed by atoms with E-state index in [1.807, 2.05) is 0 Å². The zero-order valence-electron chi connectivity index (χ0n) is 12.9. The van der Waals surface area contributed by atoms with Crippen LogP contribution in [0, 0.1) is 0 Å². The highest BCUT2D eigenvalue weighted by molar-refractivity contribution is 5.93. The topological polar surface area (TPSA) is 142 Å². The van der Waals surface area contributed by atoms with Gasteiger partial charge in [-0.2, -0.15) is 5.10 Å². The molecule has 0 bridgehead atoms. The van der Waals surface area contributed by atoms with Gasteiger partial charge in [0.05, 0.1) is 0 Å². The summed E-state index contributed by atoms with van der Waals surface area (Å²) in [7, 11) is 0. The summed E-state index contributed by atoms with van der Waals surface area (Å²) in [6.45, 7) is 0.375. The average Bonchev–Trinajstić information content (AvgIpc) is 3.11. The summed E-state index contributed by atoms with van der Waals surface area (Å²) in [5, 5.41) is 14.9. The second-order valence-corrected chi connectivity index (χ2v) is 5.00. The number of rotatable bonds is 8. The van der Waals surface area contributed by atoms with Crippen molar-refractivity contribution in [3.63, 3.8) is 0 Å². The van der Waals surface area contributed by atoms with Crippen molar-refractivity contribution in [2.75, 3.05) is 6.54 Å². The van der Waals surface area contributed by atoms with E-state index in [0.717, 1.165) is 0 Å². The zero-order valence-corrected chi connectivity index (χ0v) is 12.9. The molecular weight excluding hydrogens is 316 g/mol. The van der Waals surface area contributed by atoms with Gasteiger partial charge < -0.3 is 5.32 Å². The van der Waals surface area contributed by atoms with Crippen LogP contribution in [-0.2, 0) is 4.79 Å². The fraction of sp³-hybridized carbons (Fsp3) is 0.357. The van der Waals surface area contributed by atoms with Crippen LogP contribution in [0.2, 0.25) is 0 Å². The first-order valence-corrected chi connectivity index (χ1v) is 7.42. The maximum Gasteiger partial charge on any atom is 0.265 e. The predicted octanol–water partition coefficient (Wildman–Crippen LogP) is -0.249. The van der Waals surface area contributed by atoms with E-state index in [4.69, 9.17) is 5.21 Å². The molecule has 0 saturated carbocycles. The number of amides is 2. The second kappa shape index (κ2) is 8.58. The van der Waals surface area contributed by atoms with Gasteiger partial charge in [-0.25, -0.2) is 15.1 Å². The Labute approximate surface area is 136 Å². The number of hydrogen-bond acceptors (Lipinski definition) is 6. The van der Waals surface area contributed by atoms with Crippen LogP contribution in [-0.4, -0.2) is 43.3 Å². The van der Waals surface area contributed by atoms with Crippen LogP contribution < -0.4 is 16.4 Å². The van der Waals surface area contributed by atoms with E-state index in [1.54, 1.807) is 23.9 Å². The molecule has 0 unspecified atom stereocenters. The smallest absolute Gasteiger partial charge is 0.265 e. The molecule has 0 radical (unpaired) electrons. The number of carbonyl (C=O) groups is 2. The summed E-state index contributed by atoms with van der Waals surface area (Å²) in [6, 6.07) is 1.69. The lowest BCUT2D eigenvalue weighted by molar-refractivity contribution is -0.129. The van der Waals surface area contributed by atoms with Crippen molar-refractivity contribution in [2.24, 2.45) is 0 Å². The van der Waals surface area contributed by atoms with E-state index in [0.29, 0.717) is 25.8 Å². The van der Waals surface area contributed by atoms with Gasteiger partial charge >= 0.3 is 0 Å². The number of aromatic amines is 1. The first-order valence-electron chi connectivity index (χ1n) is 7.42. The molecule has 4 N–H and O–H groups in total. The molecule has 0 aliphatic carbocycles. The summed E-state index contributed by atoms with van der Waals surface area (Å²) >= 11 is 0. The Kier molecular flexibility index (Phi) is 6.20. The molecule has 128 valence electrons. The van der Waals surface area contributed by atoms with Gasteiger partial charge in [0.2, 0.25) is 11.9 Å². The van der Waals surface area contributed by atoms with Crippen LogP contribution in [0.5, 0.6) is 0 Å². The maximum absolute atomic E-state index is 12.0. The quantitative estimate of drug-likeness (QED) is 0.298. The Morgan fingerprint density at radius 2 is 2.12 bits per heavy atom. The van der Waals surface area contributed by atoms with Crippen LogP contribution in [0.4, 0.5) is 0 Å². The molecule has 2 heterocycles. The Morgan fingerprint density at radius 1 is 1.29 bits per heavy atom. The molecule has 10 heteroatoms. The van der Waals surface area contributed by atoms with Crippen molar-refractivity contribution in [2.45, 2.75) is 25.7 Å². The minimum absolute atomic E-state index is 0.0782. The standard InChI is InChI=1S/C14H18N6O4/c21-11(19-24)5-2-1-3-6-15-12(22)10-9-16-14(18-13(10)23)20-8-4-7-17-20/h4,7-9,24H,1-3,5-6H2,(H,15,22)(H,19,21)(H,16,18,23). The van der Waals surface area contributed by atoms with Crippen molar-refractivity contribution in [3.8, 4) is 5.95 Å². The molecule has 2 aromatic rings. The summed E-state index contributed by atoms with van der Waals surface area (Å²) in [4.78, 5) is 41.2. The third-order valence-corrected chi connectivity index (χ3v) is 3.24. The van der Waals surface area contributed by atoms with Gasteiger partial charge in [0.15, 0.2) is 0 Å². The lowest BCUT2D eigenvalue weighted by Gasteiger charge is -2.05. The molecule has 0 aliphatic heterocycles. The molecule has 0 spiro atoms. The van der Waals surface area contributed by atoms with Gasteiger partial charge in [-0.3, -0.25) is 24.6 Å². The van der Waals surface area contributed by atoms with Crippen LogP contribution >= 0.6 is 0 Å². The Hall–Kier alpha value is -3.01. The van der Waals surface area contributed by atoms with Crippen molar-refractivity contribution in [3.05, 3.63) is 40.6 Å². The number of nitrogens with zero attached hydrogens (tertiary/aromatic N) is 3. The van der Waals surface area contributed by atoms with E-state index in [-0.39, 0.29) is 17.9 Å². The Balaban J connectivity index is 1.80. The largest absolute Gasteiger partial charge is 0.352 e. The molecule has 0 aromatic carbocycles. The molecular formula is C14H18N6O4. The van der Waals surface area contributed by atoms with Crippen LogP contribution in [0.25, 0.3) is 5.95 Å². The zero-order chi connectivity index (χ0) is 17.4. The number of aromatic nitrogens is 4. The first kappa shape index (κ1) is 17.3. The predicted molar refractivity (Wildman–Crippen MR) is 82.7 cm³/mol. The van der Waals surface area contributed by atoms with Gasteiger partial charge in [-0.15, -0.1) is 0 Å². The van der Waals surface area contributed by atoms with Gasteiger partial charge in [0.25, 0.3) is 11.5 Å². The number of H-pyrrole nitrogens is 1. The Bertz CT molecular complexity index is 740. The molecule has 0 atom stereocenters. The number of nitrogens with one attached hydrogen (secondary N) is 3. The first-order chi connectivity index (χ1) is 11.6. The highest BCUT2D eigenvalue weighted by atomic mass is 16.5. The third-order valence-electron chi connectivity index (χ3n) is 3.24. The monoisotopic (exact) mass is 334 g/mol. The van der Waals surface area contributed by atoms with E-state index in [1.165, 1.54) is 10.9 Å². The third kappa shape index (κ3) is 4.74. The van der Waals surface area contributed by atoms with Gasteiger partial charge in [0, 0.05) is 31.6 Å². The Morgan fingerprint density at radius 3 is 2.79 bits per heavy atom. The highest BCUT2D eigenvalue weighted by Crippen LogP contribution is 2.00. The van der Waals surface area contributed by atoms with Crippen LogP contribution in [0.15, 0.2) is 29.5 Å². The fourth-order valence-electron chi connectivity index (χ4n) is 2.00. The number of carbonyl (C=O) groups excluding carboxylic acids is 2. The number of unbranched alkanes of at least 4 members (excludes halogenated alkanes) is 2. The molecule has 0 fully saturated rings. The normalized spacial score (nSPS) is 10.4. The van der Waals surface area contributed by atoms with E-state index >= 15 is 0 Å². The lowest BCUT2D eigenvalue weighted by atomic mass is 10.2. The van der Waals surface area contributed by atoms with E-state index in [9.17, 15) is 14.4 Å². The van der Waals surface area contributed by atoms with Crippen LogP contribution in [0.3, 0.4) is 0 Å². The minimum Gasteiger partial charge on any atom is -0.352 e. The van der Waals surface area contributed by atoms with Crippen molar-refractivity contribution >= 4 is 11.8 Å². The molecule has 2 aromatic heterocycles. The van der Waals surface area contributed by atoms with Gasteiger partial charge in [-0.1, -0.05) is 6.42 Å². The molecule has 0 saturated heterocycles. The fourth-order valence-corrected chi connectivity index (χ4v) is 2.00. The maximum atomic E-state index is 12.0.